The second kappa shape index (κ2) is 1.67. The topological polar surface area (TPSA) is 31.0 Å². The van der Waals surface area contributed by atoms with Crippen molar-refractivity contribution < 1.29 is 14.2 Å². The molecular formula is C6H7ClO3. The van der Waals surface area contributed by atoms with Crippen LogP contribution < -0.4 is 0 Å². The maximum atomic E-state index is 5.97. The summed E-state index contributed by atoms with van der Waals surface area (Å²) >= 11 is 5.97. The Kier molecular flexibility index (Phi) is 0.962. The average Bonchev–Trinajstić information content (AvgIpc) is 2.61. The van der Waals surface area contributed by atoms with Gasteiger partial charge < -0.3 is 14.2 Å². The maximum Gasteiger partial charge on any atom is 0.186 e. The van der Waals surface area contributed by atoms with Crippen molar-refractivity contribution in [1.82, 2.24) is 0 Å². The van der Waals surface area contributed by atoms with Crippen molar-refractivity contribution >= 4 is 11.6 Å². The van der Waals surface area contributed by atoms with Crippen molar-refractivity contribution in [1.29, 1.82) is 0 Å². The van der Waals surface area contributed by atoms with Crippen LogP contribution in [0.5, 0.6) is 0 Å². The normalized spacial score (nSPS) is 63.9. The van der Waals surface area contributed by atoms with E-state index in [0.29, 0.717) is 6.61 Å². The molecule has 0 saturated carbocycles. The number of alkyl halides is 1. The molecule has 3 rings (SSSR count). The van der Waals surface area contributed by atoms with Gasteiger partial charge in [0.2, 0.25) is 0 Å². The van der Waals surface area contributed by atoms with E-state index in [2.05, 4.69) is 0 Å². The minimum atomic E-state index is -0.120. The van der Waals surface area contributed by atoms with E-state index in [9.17, 15) is 0 Å². The predicted octanol–water partition coefficient (Wildman–Crippen LogP) is 0.116. The van der Waals surface area contributed by atoms with Crippen LogP contribution in [0, 0.1) is 0 Å². The zero-order chi connectivity index (χ0) is 6.72. The fourth-order valence-corrected chi connectivity index (χ4v) is 1.94. The molecule has 0 aromatic heterocycles. The van der Waals surface area contributed by atoms with Crippen molar-refractivity contribution in [3.05, 3.63) is 0 Å². The van der Waals surface area contributed by atoms with Crippen molar-refractivity contribution in [3.63, 3.8) is 0 Å². The SMILES string of the molecule is Cl[C@H]1[C@@H]2O[C@@H]2[C@@H]2OC[C@H]1O2. The highest BCUT2D eigenvalue weighted by molar-refractivity contribution is 6.21. The summed E-state index contributed by atoms with van der Waals surface area (Å²) in [5.41, 5.74) is 0. The van der Waals surface area contributed by atoms with Crippen LogP contribution in [0.15, 0.2) is 0 Å². The monoisotopic (exact) mass is 162 g/mol. The van der Waals surface area contributed by atoms with E-state index >= 15 is 0 Å². The molecule has 0 radical (unpaired) electrons. The first-order valence-electron chi connectivity index (χ1n) is 3.43. The summed E-state index contributed by atoms with van der Waals surface area (Å²) in [4.78, 5) is 0. The molecule has 0 aromatic rings. The third-order valence-corrected chi connectivity index (χ3v) is 2.76. The number of epoxide rings is 1. The standard InChI is InChI=1S/C6H7ClO3/c7-3-2-1-8-6(9-2)5-4(3)10-5/h2-6H,1H2/t2-,3-,4+,5+,6-/m1/s1. The van der Waals surface area contributed by atoms with Gasteiger partial charge >= 0.3 is 0 Å². The minimum Gasteiger partial charge on any atom is -0.362 e. The van der Waals surface area contributed by atoms with Crippen LogP contribution in [0.25, 0.3) is 0 Å². The Morgan fingerprint density at radius 3 is 3.00 bits per heavy atom. The summed E-state index contributed by atoms with van der Waals surface area (Å²) in [5.74, 6) is 0. The highest BCUT2D eigenvalue weighted by Crippen LogP contribution is 2.43. The number of hydrogen-bond donors (Lipinski definition) is 0. The van der Waals surface area contributed by atoms with Gasteiger partial charge in [0.25, 0.3) is 0 Å². The van der Waals surface area contributed by atoms with Gasteiger partial charge in [0.15, 0.2) is 6.29 Å². The van der Waals surface area contributed by atoms with E-state index in [0.717, 1.165) is 0 Å². The van der Waals surface area contributed by atoms with Crippen LogP contribution in [0.4, 0.5) is 0 Å². The molecule has 3 heterocycles. The summed E-state index contributed by atoms with van der Waals surface area (Å²) in [5, 5.41) is 0.00347. The largest absolute Gasteiger partial charge is 0.362 e. The Bertz CT molecular complexity index is 172. The fraction of sp³-hybridized carbons (Fsp3) is 1.00. The van der Waals surface area contributed by atoms with Crippen molar-refractivity contribution in [2.75, 3.05) is 6.61 Å². The van der Waals surface area contributed by atoms with E-state index in [-0.39, 0.29) is 30.0 Å². The summed E-state index contributed by atoms with van der Waals surface area (Å²) in [7, 11) is 0. The van der Waals surface area contributed by atoms with Gasteiger partial charge in [0.1, 0.15) is 18.3 Å². The molecule has 0 spiro atoms. The first-order valence-corrected chi connectivity index (χ1v) is 3.86. The maximum absolute atomic E-state index is 5.97. The lowest BCUT2D eigenvalue weighted by atomic mass is 10.1. The average molecular weight is 163 g/mol. The Morgan fingerprint density at radius 2 is 2.10 bits per heavy atom. The molecule has 5 atom stereocenters. The molecule has 0 amide bonds. The Morgan fingerprint density at radius 1 is 1.20 bits per heavy atom. The molecule has 0 aromatic carbocycles. The zero-order valence-corrected chi connectivity index (χ0v) is 5.95. The molecule has 0 unspecified atom stereocenters. The molecule has 3 nitrogen and oxygen atoms in total. The Balaban J connectivity index is 1.91. The third kappa shape index (κ3) is 0.569. The van der Waals surface area contributed by atoms with Gasteiger partial charge in [-0.25, -0.2) is 0 Å². The van der Waals surface area contributed by atoms with Gasteiger partial charge in [-0.2, -0.15) is 0 Å². The summed E-state index contributed by atoms with van der Waals surface area (Å²) < 4.78 is 15.9. The van der Waals surface area contributed by atoms with Gasteiger partial charge in [-0.05, 0) is 0 Å². The Labute approximate surface area is 63.2 Å². The van der Waals surface area contributed by atoms with Crippen LogP contribution in [-0.4, -0.2) is 36.6 Å². The molecule has 3 saturated heterocycles. The van der Waals surface area contributed by atoms with Gasteiger partial charge in [-0.1, -0.05) is 0 Å². The first-order chi connectivity index (χ1) is 4.86. The second-order valence-electron chi connectivity index (χ2n) is 2.89. The van der Waals surface area contributed by atoms with Crippen LogP contribution in [0.2, 0.25) is 0 Å². The number of halogens is 1. The molecule has 0 aliphatic carbocycles. The van der Waals surface area contributed by atoms with E-state index in [4.69, 9.17) is 25.8 Å². The summed E-state index contributed by atoms with van der Waals surface area (Å²) in [6, 6.07) is 0. The number of rotatable bonds is 0. The molecule has 3 fully saturated rings. The van der Waals surface area contributed by atoms with Crippen LogP contribution in [-0.2, 0) is 14.2 Å². The van der Waals surface area contributed by atoms with Crippen LogP contribution in [0.3, 0.4) is 0 Å². The number of ether oxygens (including phenoxy) is 3. The minimum absolute atomic E-state index is 0.00347. The molecule has 3 aliphatic rings. The van der Waals surface area contributed by atoms with Crippen LogP contribution >= 0.6 is 11.6 Å². The fourth-order valence-electron chi connectivity index (χ4n) is 1.60. The molecule has 4 heteroatoms. The van der Waals surface area contributed by atoms with E-state index in [1.807, 2.05) is 0 Å². The molecule has 56 valence electrons. The quantitative estimate of drug-likeness (QED) is 0.375. The third-order valence-electron chi connectivity index (χ3n) is 2.23. The van der Waals surface area contributed by atoms with Crippen molar-refractivity contribution in [3.8, 4) is 0 Å². The molecular weight excluding hydrogens is 156 g/mol. The van der Waals surface area contributed by atoms with Gasteiger partial charge in [-0.3, -0.25) is 0 Å². The molecule has 10 heavy (non-hydrogen) atoms. The lowest BCUT2D eigenvalue weighted by Crippen LogP contribution is -2.36. The lowest BCUT2D eigenvalue weighted by Gasteiger charge is -2.17. The van der Waals surface area contributed by atoms with Gasteiger partial charge in [0, 0.05) is 0 Å². The van der Waals surface area contributed by atoms with Crippen molar-refractivity contribution in [2.24, 2.45) is 0 Å². The first kappa shape index (κ1) is 5.77. The predicted molar refractivity (Wildman–Crippen MR) is 32.9 cm³/mol. The molecule has 0 N–H and O–H groups in total. The van der Waals surface area contributed by atoms with E-state index in [1.54, 1.807) is 0 Å². The smallest absolute Gasteiger partial charge is 0.186 e. The molecule has 2 bridgehead atoms. The van der Waals surface area contributed by atoms with E-state index < -0.39 is 0 Å². The van der Waals surface area contributed by atoms with Gasteiger partial charge in [0.05, 0.1) is 12.0 Å². The molecule has 3 aliphatic heterocycles. The zero-order valence-electron chi connectivity index (χ0n) is 5.20. The highest BCUT2D eigenvalue weighted by atomic mass is 35.5. The highest BCUT2D eigenvalue weighted by Gasteiger charge is 2.60. The Hall–Kier alpha value is 0.170. The van der Waals surface area contributed by atoms with E-state index in [1.165, 1.54) is 0 Å². The van der Waals surface area contributed by atoms with Crippen molar-refractivity contribution in [2.45, 2.75) is 30.0 Å². The lowest BCUT2D eigenvalue weighted by molar-refractivity contribution is -0.0776. The summed E-state index contributed by atoms with van der Waals surface area (Å²) in [6.07, 6.45) is 0.273. The van der Waals surface area contributed by atoms with Crippen LogP contribution in [0.1, 0.15) is 0 Å². The number of hydrogen-bond acceptors (Lipinski definition) is 3. The second-order valence-corrected chi connectivity index (χ2v) is 3.39. The number of fused-ring (bicyclic) bond motifs is 4. The summed E-state index contributed by atoms with van der Waals surface area (Å²) in [6.45, 7) is 0.634. The van der Waals surface area contributed by atoms with Gasteiger partial charge in [-0.15, -0.1) is 11.6 Å².